The summed E-state index contributed by atoms with van der Waals surface area (Å²) in [6.07, 6.45) is 0. The Morgan fingerprint density at radius 3 is 1.43 bits per heavy atom. The van der Waals surface area contributed by atoms with Crippen LogP contribution in [0.25, 0.3) is 44.5 Å². The molecule has 0 heterocycles. The zero-order valence-corrected chi connectivity index (χ0v) is 26.6. The summed E-state index contributed by atoms with van der Waals surface area (Å²) >= 11 is 0. The van der Waals surface area contributed by atoms with E-state index in [1.165, 1.54) is 83.5 Å². The summed E-state index contributed by atoms with van der Waals surface area (Å²) in [5, 5.41) is 0. The van der Waals surface area contributed by atoms with Crippen LogP contribution in [0.5, 0.6) is 0 Å². The van der Waals surface area contributed by atoms with Crippen LogP contribution in [0.4, 0.5) is 0 Å². The number of benzene rings is 7. The molecular weight excluding hydrogens is 553 g/mol. The molecule has 0 radical (unpaired) electrons. The first-order chi connectivity index (χ1) is 22.6. The van der Waals surface area contributed by atoms with Gasteiger partial charge in [0.2, 0.25) is 0 Å². The lowest BCUT2D eigenvalue weighted by atomic mass is 9.70. The smallest absolute Gasteiger partial charge is 0.0622 e. The second kappa shape index (κ2) is 11.2. The molecule has 1 spiro atoms. The first-order valence-electron chi connectivity index (χ1n) is 16.2. The third-order valence-electron chi connectivity index (χ3n) is 10.00. The minimum absolute atomic E-state index is 0.269. The Balaban J connectivity index is 0.000000202. The summed E-state index contributed by atoms with van der Waals surface area (Å²) in [6.45, 7) is 6.50. The second-order valence-electron chi connectivity index (χ2n) is 12.6. The minimum atomic E-state index is -0.269. The third kappa shape index (κ3) is 4.29. The van der Waals surface area contributed by atoms with Crippen LogP contribution in [-0.2, 0) is 5.41 Å². The molecule has 0 saturated carbocycles. The molecule has 0 bridgehead atoms. The van der Waals surface area contributed by atoms with Crippen LogP contribution < -0.4 is 0 Å². The number of hydrogen-bond donors (Lipinski definition) is 0. The van der Waals surface area contributed by atoms with Crippen LogP contribution in [0, 0.1) is 20.8 Å². The molecule has 0 nitrogen and oxygen atoms in total. The van der Waals surface area contributed by atoms with E-state index in [9.17, 15) is 0 Å². The van der Waals surface area contributed by atoms with Gasteiger partial charge in [-0.15, -0.1) is 0 Å². The molecule has 0 heteroatoms. The van der Waals surface area contributed by atoms with Crippen LogP contribution in [-0.4, -0.2) is 0 Å². The summed E-state index contributed by atoms with van der Waals surface area (Å²) in [7, 11) is 0. The average Bonchev–Trinajstić information content (AvgIpc) is 3.58. The van der Waals surface area contributed by atoms with Crippen molar-refractivity contribution in [2.45, 2.75) is 26.2 Å². The number of hydrogen-bond acceptors (Lipinski definition) is 0. The fourth-order valence-electron chi connectivity index (χ4n) is 7.67. The summed E-state index contributed by atoms with van der Waals surface area (Å²) in [5.74, 6) is 0. The van der Waals surface area contributed by atoms with Gasteiger partial charge in [0, 0.05) is 0 Å². The minimum Gasteiger partial charge on any atom is -0.0622 e. The van der Waals surface area contributed by atoms with Crippen molar-refractivity contribution in [3.05, 3.63) is 203 Å². The first-order valence-corrected chi connectivity index (χ1v) is 16.2. The van der Waals surface area contributed by atoms with Gasteiger partial charge in [-0.25, -0.2) is 0 Å². The third-order valence-corrected chi connectivity index (χ3v) is 10.00. The quantitative estimate of drug-likeness (QED) is 0.188. The maximum Gasteiger partial charge on any atom is 0.0725 e. The van der Waals surface area contributed by atoms with Gasteiger partial charge < -0.3 is 0 Å². The van der Waals surface area contributed by atoms with Crippen molar-refractivity contribution < 1.29 is 0 Å². The molecule has 9 rings (SSSR count). The molecule has 220 valence electrons. The van der Waals surface area contributed by atoms with Crippen molar-refractivity contribution in [2.24, 2.45) is 0 Å². The van der Waals surface area contributed by atoms with Gasteiger partial charge in [0.25, 0.3) is 0 Å². The predicted molar refractivity (Wildman–Crippen MR) is 194 cm³/mol. The Bertz CT molecular complexity index is 2170. The molecule has 0 amide bonds. The van der Waals surface area contributed by atoms with Crippen LogP contribution >= 0.6 is 0 Å². The van der Waals surface area contributed by atoms with Gasteiger partial charge in [-0.05, 0) is 98.7 Å². The molecule has 0 aromatic heterocycles. The second-order valence-corrected chi connectivity index (χ2v) is 12.6. The highest BCUT2D eigenvalue weighted by Gasteiger charge is 2.51. The average molecular weight is 589 g/mol. The molecule has 7 aromatic carbocycles. The Morgan fingerprint density at radius 1 is 0.326 bits per heavy atom. The zero-order valence-electron chi connectivity index (χ0n) is 26.6. The molecule has 0 atom stereocenters. The standard InChI is InChI=1S/C33H24.C13H12/c1-21-18-19-23(20-22(21)2)24-13-9-17-31-32(24)27-12-5-8-16-30(27)33(31)28-14-6-3-10-25(28)26-11-4-7-15-29(26)33;1-11-7-9-13(10-8-11)12-5-3-2-4-6-12/h3-20H,1-2H3;2-10H,1H3. The van der Waals surface area contributed by atoms with Crippen molar-refractivity contribution in [3.8, 4) is 44.5 Å². The van der Waals surface area contributed by atoms with E-state index in [0.29, 0.717) is 0 Å². The normalized spacial score (nSPS) is 12.8. The van der Waals surface area contributed by atoms with Crippen molar-refractivity contribution in [3.63, 3.8) is 0 Å². The maximum atomic E-state index is 2.36. The van der Waals surface area contributed by atoms with E-state index < -0.39 is 0 Å². The topological polar surface area (TPSA) is 0 Å². The van der Waals surface area contributed by atoms with E-state index in [4.69, 9.17) is 0 Å². The van der Waals surface area contributed by atoms with Crippen molar-refractivity contribution in [2.75, 3.05) is 0 Å². The van der Waals surface area contributed by atoms with Crippen LogP contribution in [0.2, 0.25) is 0 Å². The molecule has 2 aliphatic rings. The number of fused-ring (bicyclic) bond motifs is 10. The van der Waals surface area contributed by atoms with Crippen LogP contribution in [0.3, 0.4) is 0 Å². The maximum absolute atomic E-state index is 2.36. The zero-order chi connectivity index (χ0) is 31.3. The molecule has 2 aliphatic carbocycles. The Morgan fingerprint density at radius 2 is 0.804 bits per heavy atom. The van der Waals surface area contributed by atoms with Gasteiger partial charge in [0.05, 0.1) is 5.41 Å². The lowest BCUT2D eigenvalue weighted by Crippen LogP contribution is -2.25. The number of rotatable bonds is 2. The highest BCUT2D eigenvalue weighted by Crippen LogP contribution is 2.63. The lowest BCUT2D eigenvalue weighted by molar-refractivity contribution is 0.794. The Hall–Kier alpha value is -5.46. The van der Waals surface area contributed by atoms with E-state index in [-0.39, 0.29) is 5.41 Å². The SMILES string of the molecule is Cc1ccc(-c2cccc3c2-c2ccccc2C32c3ccccc3-c3ccccc32)cc1C.Cc1ccc(-c2ccccc2)cc1. The summed E-state index contributed by atoms with van der Waals surface area (Å²) < 4.78 is 0. The molecule has 7 aromatic rings. The van der Waals surface area contributed by atoms with Gasteiger partial charge in [0.1, 0.15) is 0 Å². The van der Waals surface area contributed by atoms with Crippen LogP contribution in [0.1, 0.15) is 38.9 Å². The van der Waals surface area contributed by atoms with Gasteiger partial charge >= 0.3 is 0 Å². The largest absolute Gasteiger partial charge is 0.0725 e. The Kier molecular flexibility index (Phi) is 6.80. The van der Waals surface area contributed by atoms with Gasteiger partial charge in [-0.2, -0.15) is 0 Å². The molecular formula is C46H36. The lowest BCUT2D eigenvalue weighted by Gasteiger charge is -2.30. The molecule has 0 N–H and O–H groups in total. The first kappa shape index (κ1) is 28.0. The summed E-state index contributed by atoms with van der Waals surface area (Å²) in [6, 6.07) is 59.8. The van der Waals surface area contributed by atoms with Gasteiger partial charge in [0.15, 0.2) is 0 Å². The molecule has 0 unspecified atom stereocenters. The van der Waals surface area contributed by atoms with E-state index in [1.54, 1.807) is 0 Å². The van der Waals surface area contributed by atoms with Crippen molar-refractivity contribution in [1.29, 1.82) is 0 Å². The number of aryl methyl sites for hydroxylation is 3. The van der Waals surface area contributed by atoms with Gasteiger partial charge in [-0.3, -0.25) is 0 Å². The van der Waals surface area contributed by atoms with Crippen molar-refractivity contribution in [1.82, 2.24) is 0 Å². The molecule has 46 heavy (non-hydrogen) atoms. The highest BCUT2D eigenvalue weighted by atomic mass is 14.5. The molecule has 0 saturated heterocycles. The molecule has 0 aliphatic heterocycles. The fraction of sp³-hybridized carbons (Fsp3) is 0.0870. The predicted octanol–water partition coefficient (Wildman–Crippen LogP) is 12.0. The van der Waals surface area contributed by atoms with E-state index in [1.807, 2.05) is 6.07 Å². The summed E-state index contributed by atoms with van der Waals surface area (Å²) in [4.78, 5) is 0. The molecule has 0 fully saturated rings. The van der Waals surface area contributed by atoms with E-state index >= 15 is 0 Å². The van der Waals surface area contributed by atoms with Gasteiger partial charge in [-0.1, -0.05) is 169 Å². The summed E-state index contributed by atoms with van der Waals surface area (Å²) in [5.41, 5.74) is 19.9. The monoisotopic (exact) mass is 588 g/mol. The van der Waals surface area contributed by atoms with Crippen molar-refractivity contribution >= 4 is 0 Å². The highest BCUT2D eigenvalue weighted by molar-refractivity contribution is 5.99. The van der Waals surface area contributed by atoms with E-state index in [2.05, 4.69) is 178 Å². The fourth-order valence-corrected chi connectivity index (χ4v) is 7.67. The van der Waals surface area contributed by atoms with Crippen LogP contribution in [0.15, 0.2) is 164 Å². The Labute approximate surface area is 272 Å². The van der Waals surface area contributed by atoms with E-state index in [0.717, 1.165) is 0 Å².